The van der Waals surface area contributed by atoms with Crippen LogP contribution in [-0.2, 0) is 9.53 Å². The van der Waals surface area contributed by atoms with Gasteiger partial charge in [0.25, 0.3) is 0 Å². The van der Waals surface area contributed by atoms with Gasteiger partial charge in [-0.3, -0.25) is 9.69 Å². The van der Waals surface area contributed by atoms with Gasteiger partial charge in [0.05, 0.1) is 19.0 Å². The number of morpholine rings is 1. The normalized spacial score (nSPS) is 21.5. The van der Waals surface area contributed by atoms with E-state index in [4.69, 9.17) is 4.74 Å². The fourth-order valence-corrected chi connectivity index (χ4v) is 5.28. The first-order valence-electron chi connectivity index (χ1n) is 8.70. The van der Waals surface area contributed by atoms with Crippen LogP contribution < -0.4 is 5.32 Å². The second-order valence-electron chi connectivity index (χ2n) is 6.54. The summed E-state index contributed by atoms with van der Waals surface area (Å²) in [6, 6.07) is 0. The van der Waals surface area contributed by atoms with E-state index in [9.17, 15) is 4.79 Å². The highest BCUT2D eigenvalue weighted by atomic mass is 32.2. The van der Waals surface area contributed by atoms with Gasteiger partial charge in [0.1, 0.15) is 5.01 Å². The quantitative estimate of drug-likeness (QED) is 0.774. The third-order valence-electron chi connectivity index (χ3n) is 4.92. The maximum atomic E-state index is 12.3. The maximum Gasteiger partial charge on any atom is 0.230 e. The van der Waals surface area contributed by atoms with Gasteiger partial charge in [-0.25, -0.2) is 0 Å². The molecule has 8 heteroatoms. The van der Waals surface area contributed by atoms with Crippen LogP contribution in [0.15, 0.2) is 4.34 Å². The van der Waals surface area contributed by atoms with Crippen LogP contribution in [0.3, 0.4) is 0 Å². The molecule has 2 fully saturated rings. The second kappa shape index (κ2) is 8.60. The van der Waals surface area contributed by atoms with Gasteiger partial charge in [-0.15, -0.1) is 10.2 Å². The van der Waals surface area contributed by atoms with Crippen LogP contribution in [0.1, 0.15) is 37.1 Å². The van der Waals surface area contributed by atoms with Crippen LogP contribution in [0.2, 0.25) is 0 Å². The molecular formula is C16H26N4O2S2. The molecule has 1 saturated carbocycles. The fourth-order valence-electron chi connectivity index (χ4n) is 3.63. The molecule has 1 amide bonds. The zero-order valence-corrected chi connectivity index (χ0v) is 15.9. The molecule has 134 valence electrons. The summed E-state index contributed by atoms with van der Waals surface area (Å²) in [5, 5.41) is 12.2. The number of hydrogen-bond acceptors (Lipinski definition) is 7. The summed E-state index contributed by atoms with van der Waals surface area (Å²) in [7, 11) is 0. The van der Waals surface area contributed by atoms with E-state index in [-0.39, 0.29) is 11.4 Å². The fraction of sp³-hybridized carbons (Fsp3) is 0.812. The minimum absolute atomic E-state index is 0.0889. The number of thioether (sulfide) groups is 1. The van der Waals surface area contributed by atoms with Crippen LogP contribution >= 0.6 is 23.1 Å². The number of carbonyl (C=O) groups excluding carboxylic acids is 1. The first-order chi connectivity index (χ1) is 11.7. The first-order valence-corrected chi connectivity index (χ1v) is 10.5. The lowest BCUT2D eigenvalue weighted by Gasteiger charge is -2.48. The van der Waals surface area contributed by atoms with Crippen molar-refractivity contribution in [3.8, 4) is 0 Å². The number of rotatable bonds is 6. The van der Waals surface area contributed by atoms with Crippen molar-refractivity contribution in [2.75, 3.05) is 38.6 Å². The summed E-state index contributed by atoms with van der Waals surface area (Å²) in [5.41, 5.74) is 0.127. The largest absolute Gasteiger partial charge is 0.379 e. The Labute approximate surface area is 151 Å². The van der Waals surface area contributed by atoms with Crippen LogP contribution in [0.4, 0.5) is 0 Å². The van der Waals surface area contributed by atoms with E-state index in [1.54, 1.807) is 0 Å². The Hall–Kier alpha value is -0.700. The number of nitrogens with one attached hydrogen (secondary N) is 1. The lowest BCUT2D eigenvalue weighted by atomic mass is 9.79. The predicted octanol–water partition coefficient (Wildman–Crippen LogP) is 2.09. The van der Waals surface area contributed by atoms with E-state index in [2.05, 4.69) is 20.4 Å². The van der Waals surface area contributed by atoms with Crippen molar-refractivity contribution in [1.29, 1.82) is 0 Å². The number of aromatic nitrogens is 2. The number of carbonyl (C=O) groups is 1. The Morgan fingerprint density at radius 1 is 1.29 bits per heavy atom. The molecule has 2 heterocycles. The summed E-state index contributed by atoms with van der Waals surface area (Å²) in [5.74, 6) is 0.499. The van der Waals surface area contributed by atoms with Crippen LogP contribution in [0, 0.1) is 6.92 Å². The Kier molecular flexibility index (Phi) is 6.49. The van der Waals surface area contributed by atoms with Crippen molar-refractivity contribution in [1.82, 2.24) is 20.4 Å². The molecule has 24 heavy (non-hydrogen) atoms. The van der Waals surface area contributed by atoms with E-state index >= 15 is 0 Å². The molecule has 1 N–H and O–H groups in total. The van der Waals surface area contributed by atoms with Gasteiger partial charge in [0.15, 0.2) is 4.34 Å². The third-order valence-corrected chi connectivity index (χ3v) is 6.89. The molecule has 1 aromatic rings. The van der Waals surface area contributed by atoms with E-state index in [1.807, 2.05) is 6.92 Å². The summed E-state index contributed by atoms with van der Waals surface area (Å²) in [4.78, 5) is 14.8. The summed E-state index contributed by atoms with van der Waals surface area (Å²) >= 11 is 3.01. The lowest BCUT2D eigenvalue weighted by molar-refractivity contribution is -0.119. The van der Waals surface area contributed by atoms with Crippen molar-refractivity contribution in [3.63, 3.8) is 0 Å². The van der Waals surface area contributed by atoms with E-state index < -0.39 is 0 Å². The Morgan fingerprint density at radius 2 is 2.04 bits per heavy atom. The highest BCUT2D eigenvalue weighted by Gasteiger charge is 2.38. The van der Waals surface area contributed by atoms with Crippen molar-refractivity contribution < 1.29 is 9.53 Å². The van der Waals surface area contributed by atoms with Crippen molar-refractivity contribution in [2.45, 2.75) is 48.9 Å². The molecule has 6 nitrogen and oxygen atoms in total. The molecule has 0 unspecified atom stereocenters. The van der Waals surface area contributed by atoms with Gasteiger partial charge >= 0.3 is 0 Å². The minimum Gasteiger partial charge on any atom is -0.379 e. The average Bonchev–Trinajstić information content (AvgIpc) is 3.05. The third kappa shape index (κ3) is 4.68. The van der Waals surface area contributed by atoms with Crippen molar-refractivity contribution in [2.24, 2.45) is 0 Å². The Bertz CT molecular complexity index is 540. The van der Waals surface area contributed by atoms with Crippen LogP contribution in [0.25, 0.3) is 0 Å². The summed E-state index contributed by atoms with van der Waals surface area (Å²) < 4.78 is 6.37. The van der Waals surface area contributed by atoms with Crippen molar-refractivity contribution >= 4 is 29.0 Å². The van der Waals surface area contributed by atoms with Gasteiger partial charge in [0.2, 0.25) is 5.91 Å². The standard InChI is InChI=1S/C16H26N4O2S2/c1-13-18-19-15(24-13)23-11-14(21)17-12-16(5-3-2-4-6-16)20-7-9-22-10-8-20/h2-12H2,1H3,(H,17,21). The molecule has 1 aliphatic carbocycles. The predicted molar refractivity (Wildman–Crippen MR) is 96.6 cm³/mol. The van der Waals surface area contributed by atoms with E-state index in [1.165, 1.54) is 55.2 Å². The van der Waals surface area contributed by atoms with Crippen LogP contribution in [-0.4, -0.2) is 65.1 Å². The molecule has 2 aliphatic rings. The monoisotopic (exact) mass is 370 g/mol. The molecule has 1 saturated heterocycles. The smallest absolute Gasteiger partial charge is 0.230 e. The summed E-state index contributed by atoms with van der Waals surface area (Å²) in [6.45, 7) is 6.26. The molecule has 0 atom stereocenters. The molecular weight excluding hydrogens is 344 g/mol. The zero-order valence-electron chi connectivity index (χ0n) is 14.3. The van der Waals surface area contributed by atoms with Gasteiger partial charge in [-0.1, -0.05) is 42.4 Å². The molecule has 0 aromatic carbocycles. The molecule has 3 rings (SSSR count). The molecule has 0 bridgehead atoms. The SMILES string of the molecule is Cc1nnc(SCC(=O)NCC2(N3CCOCC3)CCCCC2)s1. The highest BCUT2D eigenvalue weighted by molar-refractivity contribution is 8.01. The van der Waals surface area contributed by atoms with E-state index in [0.717, 1.165) is 42.2 Å². The Balaban J connectivity index is 1.51. The highest BCUT2D eigenvalue weighted by Crippen LogP contribution is 2.34. The molecule has 1 aromatic heterocycles. The number of nitrogens with zero attached hydrogens (tertiary/aromatic N) is 3. The van der Waals surface area contributed by atoms with Crippen LogP contribution in [0.5, 0.6) is 0 Å². The maximum absolute atomic E-state index is 12.3. The summed E-state index contributed by atoms with van der Waals surface area (Å²) in [6.07, 6.45) is 6.18. The zero-order chi connectivity index (χ0) is 16.8. The lowest BCUT2D eigenvalue weighted by Crippen LogP contribution is -2.59. The number of aryl methyl sites for hydroxylation is 1. The number of hydrogen-bond donors (Lipinski definition) is 1. The molecule has 0 spiro atoms. The Morgan fingerprint density at radius 3 is 2.71 bits per heavy atom. The molecule has 1 aliphatic heterocycles. The van der Waals surface area contributed by atoms with Gasteiger partial charge in [0, 0.05) is 25.2 Å². The van der Waals surface area contributed by atoms with E-state index in [0.29, 0.717) is 5.75 Å². The number of amides is 1. The topological polar surface area (TPSA) is 67.4 Å². The van der Waals surface area contributed by atoms with Gasteiger partial charge in [-0.2, -0.15) is 0 Å². The second-order valence-corrected chi connectivity index (χ2v) is 8.94. The van der Waals surface area contributed by atoms with Crippen molar-refractivity contribution in [3.05, 3.63) is 5.01 Å². The van der Waals surface area contributed by atoms with Gasteiger partial charge in [-0.05, 0) is 19.8 Å². The number of ether oxygens (including phenoxy) is 1. The molecule has 0 radical (unpaired) electrons. The van der Waals surface area contributed by atoms with Gasteiger partial charge < -0.3 is 10.1 Å². The minimum atomic E-state index is 0.0889. The first kappa shape index (κ1) is 18.1. The average molecular weight is 371 g/mol.